The Kier molecular flexibility index (Phi) is 10.1. The topological polar surface area (TPSA) is 270 Å². The average molecular weight is 609 g/mol. The summed E-state index contributed by atoms with van der Waals surface area (Å²) in [5.41, 5.74) is -1.04. The minimum Gasteiger partial charge on any atom is -0.394 e. The van der Waals surface area contributed by atoms with E-state index >= 15 is 0 Å². The molecule has 0 amide bonds. The molecule has 2 saturated heterocycles. The summed E-state index contributed by atoms with van der Waals surface area (Å²) in [7, 11) is 2.75. The van der Waals surface area contributed by atoms with E-state index in [2.05, 4.69) is 4.98 Å². The normalized spacial score (nSPS) is 34.3. The van der Waals surface area contributed by atoms with Crippen molar-refractivity contribution in [1.82, 2.24) is 18.7 Å². The van der Waals surface area contributed by atoms with Crippen molar-refractivity contribution in [1.29, 1.82) is 0 Å². The Balaban J connectivity index is 1.51. The fourth-order valence-electron chi connectivity index (χ4n) is 4.85. The maximum Gasteiger partial charge on any atom is 0.332 e. The average Bonchev–Trinajstić information content (AvgIpc) is 3.51. The quantitative estimate of drug-likeness (QED) is 0.104. The van der Waals surface area contributed by atoms with Crippen LogP contribution in [0.5, 0.6) is 0 Å². The van der Waals surface area contributed by atoms with E-state index in [1.807, 2.05) is 0 Å². The number of aliphatic hydroxyl groups excluding tert-OH is 8. The smallest absolute Gasteiger partial charge is 0.332 e. The van der Waals surface area contributed by atoms with Crippen molar-refractivity contribution in [2.45, 2.75) is 67.6 Å². The maximum atomic E-state index is 12.8. The molecule has 42 heavy (non-hydrogen) atoms. The summed E-state index contributed by atoms with van der Waals surface area (Å²) in [5, 5.41) is 80.5. The lowest BCUT2D eigenvalue weighted by Gasteiger charge is -2.43. The van der Waals surface area contributed by atoms with E-state index in [-0.39, 0.29) is 24.3 Å². The summed E-state index contributed by atoms with van der Waals surface area (Å²) in [4.78, 5) is 29.1. The summed E-state index contributed by atoms with van der Waals surface area (Å²) in [5.74, 6) is -2.35. The van der Waals surface area contributed by atoms with E-state index in [0.29, 0.717) is 0 Å². The van der Waals surface area contributed by atoms with Crippen LogP contribution in [0.3, 0.4) is 0 Å². The summed E-state index contributed by atoms with van der Waals surface area (Å²) >= 11 is 0. The molecular formula is C23H36N4O15. The van der Waals surface area contributed by atoms with Gasteiger partial charge in [0.2, 0.25) is 5.79 Å². The number of ether oxygens (including phenoxy) is 5. The van der Waals surface area contributed by atoms with Crippen molar-refractivity contribution >= 4 is 11.2 Å². The van der Waals surface area contributed by atoms with Crippen molar-refractivity contribution in [3.63, 3.8) is 0 Å². The second-order valence-electron chi connectivity index (χ2n) is 10.0. The lowest BCUT2D eigenvalue weighted by Crippen LogP contribution is -2.63. The first-order valence-electron chi connectivity index (χ1n) is 13.0. The van der Waals surface area contributed by atoms with Crippen LogP contribution in [0.1, 0.15) is 0 Å². The standard InChI is InChI=1S/C23H36N4O15/c1-25-19-13(20(36)26(2)22(25)37)27(9-24-19)5-12(38-4-3-28)39-7-11-14(31)16(33)17(34)21(40-11)42-23(8-30)18(35)15(32)10(6-29)41-23/h9-12,14-18,21,28-35H,3-8H2,1-2H3/t10-,11-,12?,14-,15-,16+,17-,18+,21-,23+/m1/s1. The van der Waals surface area contributed by atoms with E-state index < -0.39 is 98.8 Å². The lowest BCUT2D eigenvalue weighted by atomic mass is 9.99. The van der Waals surface area contributed by atoms with Crippen LogP contribution in [0.4, 0.5) is 0 Å². The molecule has 0 bridgehead atoms. The molecule has 2 aromatic rings. The Hall–Kier alpha value is -2.37. The van der Waals surface area contributed by atoms with Gasteiger partial charge in [0.15, 0.2) is 23.7 Å². The largest absolute Gasteiger partial charge is 0.394 e. The molecule has 0 radical (unpaired) electrons. The van der Waals surface area contributed by atoms with Gasteiger partial charge >= 0.3 is 5.69 Å². The Labute approximate surface area is 236 Å². The van der Waals surface area contributed by atoms with Gasteiger partial charge in [-0.2, -0.15) is 0 Å². The third-order valence-electron chi connectivity index (χ3n) is 7.29. The fourth-order valence-corrected chi connectivity index (χ4v) is 4.85. The van der Waals surface area contributed by atoms with Crippen molar-refractivity contribution < 1.29 is 64.5 Å². The maximum absolute atomic E-state index is 12.8. The van der Waals surface area contributed by atoms with Crippen LogP contribution in [0.25, 0.3) is 11.2 Å². The first kappa shape index (κ1) is 32.5. The van der Waals surface area contributed by atoms with E-state index in [1.165, 1.54) is 29.6 Å². The highest BCUT2D eigenvalue weighted by atomic mass is 16.8. The molecule has 0 aromatic carbocycles. The zero-order chi connectivity index (χ0) is 30.9. The highest BCUT2D eigenvalue weighted by Crippen LogP contribution is 2.36. The number of nitrogens with zero attached hydrogens (tertiary/aromatic N) is 4. The van der Waals surface area contributed by atoms with Crippen LogP contribution in [0, 0.1) is 0 Å². The first-order chi connectivity index (χ1) is 19.9. The van der Waals surface area contributed by atoms with Crippen LogP contribution in [0.15, 0.2) is 15.9 Å². The van der Waals surface area contributed by atoms with Crippen LogP contribution in [-0.2, 0) is 44.3 Å². The van der Waals surface area contributed by atoms with E-state index in [0.717, 1.165) is 4.57 Å². The van der Waals surface area contributed by atoms with Crippen LogP contribution >= 0.6 is 0 Å². The van der Waals surface area contributed by atoms with Gasteiger partial charge in [0.05, 0.1) is 39.3 Å². The van der Waals surface area contributed by atoms with Crippen molar-refractivity contribution in [3.8, 4) is 0 Å². The first-order valence-corrected chi connectivity index (χ1v) is 13.0. The Morgan fingerprint density at radius 3 is 2.31 bits per heavy atom. The molecule has 1 unspecified atom stereocenters. The Bertz CT molecular complexity index is 1330. The second kappa shape index (κ2) is 13.1. The number of aryl methyl sites for hydroxylation is 1. The van der Waals surface area contributed by atoms with Gasteiger partial charge in [-0.25, -0.2) is 9.78 Å². The third kappa shape index (κ3) is 5.88. The molecule has 4 heterocycles. The minimum absolute atomic E-state index is 0.0644. The van der Waals surface area contributed by atoms with Gasteiger partial charge in [-0.15, -0.1) is 0 Å². The molecule has 0 saturated carbocycles. The Morgan fingerprint density at radius 2 is 1.69 bits per heavy atom. The van der Waals surface area contributed by atoms with E-state index in [4.69, 9.17) is 23.7 Å². The number of aliphatic hydroxyl groups is 8. The van der Waals surface area contributed by atoms with Crippen LogP contribution in [-0.4, -0.2) is 154 Å². The predicted molar refractivity (Wildman–Crippen MR) is 135 cm³/mol. The molecule has 10 atom stereocenters. The summed E-state index contributed by atoms with van der Waals surface area (Å²) in [6.07, 6.45) is -13.6. The molecule has 2 aromatic heterocycles. The van der Waals surface area contributed by atoms with E-state index in [9.17, 15) is 50.4 Å². The number of hydrogen-bond acceptors (Lipinski definition) is 16. The number of aromatic nitrogens is 4. The predicted octanol–water partition coefficient (Wildman–Crippen LogP) is -6.59. The number of hydrogen-bond donors (Lipinski definition) is 8. The molecular weight excluding hydrogens is 572 g/mol. The number of imidazole rings is 1. The van der Waals surface area contributed by atoms with Crippen molar-refractivity contribution in [2.24, 2.45) is 14.1 Å². The Morgan fingerprint density at radius 1 is 0.976 bits per heavy atom. The van der Waals surface area contributed by atoms with E-state index in [1.54, 1.807) is 0 Å². The molecule has 0 spiro atoms. The SMILES string of the molecule is Cn1c(=O)c2c(ncn2CC(OCCO)OC[C@H]2O[C@H](O[C@]3(CO)O[C@H](CO)[C@@H](O)[C@@H]3O)[C@H](O)[C@@H](O)[C@@H]2O)n(C)c1=O. The molecule has 19 heteroatoms. The van der Waals surface area contributed by atoms with Gasteiger partial charge in [-0.05, 0) is 0 Å². The van der Waals surface area contributed by atoms with Gasteiger partial charge < -0.3 is 69.1 Å². The van der Waals surface area contributed by atoms with Gasteiger partial charge in [-0.1, -0.05) is 0 Å². The highest BCUT2D eigenvalue weighted by Gasteiger charge is 2.58. The van der Waals surface area contributed by atoms with Crippen LogP contribution < -0.4 is 11.2 Å². The van der Waals surface area contributed by atoms with Gasteiger partial charge in [0, 0.05) is 14.1 Å². The highest BCUT2D eigenvalue weighted by molar-refractivity contribution is 5.69. The molecule has 0 aliphatic carbocycles. The molecule has 2 aliphatic heterocycles. The summed E-state index contributed by atoms with van der Waals surface area (Å²) in [6, 6.07) is 0. The molecule has 19 nitrogen and oxygen atoms in total. The molecule has 2 aliphatic rings. The van der Waals surface area contributed by atoms with Gasteiger partial charge in [0.25, 0.3) is 5.56 Å². The van der Waals surface area contributed by atoms with Gasteiger partial charge in [0.1, 0.15) is 49.3 Å². The fraction of sp³-hybridized carbons (Fsp3) is 0.783. The molecule has 2 fully saturated rings. The zero-order valence-electron chi connectivity index (χ0n) is 22.7. The van der Waals surface area contributed by atoms with Crippen molar-refractivity contribution in [3.05, 3.63) is 27.2 Å². The zero-order valence-corrected chi connectivity index (χ0v) is 22.7. The molecule has 238 valence electrons. The summed E-state index contributed by atoms with van der Waals surface area (Å²) < 4.78 is 31.1. The number of fused-ring (bicyclic) bond motifs is 1. The van der Waals surface area contributed by atoms with Gasteiger partial charge in [-0.3, -0.25) is 13.9 Å². The van der Waals surface area contributed by atoms with Crippen LogP contribution in [0.2, 0.25) is 0 Å². The minimum atomic E-state index is -2.35. The third-order valence-corrected chi connectivity index (χ3v) is 7.29. The summed E-state index contributed by atoms with van der Waals surface area (Å²) in [6.45, 7) is -3.06. The second-order valence-corrected chi connectivity index (χ2v) is 10.0. The molecule has 4 rings (SSSR count). The lowest BCUT2D eigenvalue weighted by molar-refractivity contribution is -0.385. The van der Waals surface area contributed by atoms with Crippen molar-refractivity contribution in [2.75, 3.05) is 33.0 Å². The molecule has 8 N–H and O–H groups in total. The monoisotopic (exact) mass is 608 g/mol. The number of rotatable bonds is 12.